The Balaban J connectivity index is 2.39. The topological polar surface area (TPSA) is 136 Å². The van der Waals surface area contributed by atoms with Crippen LogP contribution in [0.1, 0.15) is 35.2 Å². The van der Waals surface area contributed by atoms with Crippen molar-refractivity contribution in [2.24, 2.45) is 0 Å². The average molecular weight is 418 g/mol. The fraction of sp³-hybridized carbons (Fsp3) is 0.250. The molecule has 1 amide bonds. The number of non-ortho nitro benzene ring substituents is 1. The van der Waals surface area contributed by atoms with Gasteiger partial charge in [-0.15, -0.1) is 0 Å². The Labute approximate surface area is 170 Å². The first-order valence-electron chi connectivity index (χ1n) is 8.92. The molecule has 0 aliphatic heterocycles. The Morgan fingerprint density at radius 2 is 1.80 bits per heavy atom. The quantitative estimate of drug-likeness (QED) is 0.363. The molecule has 10 heteroatoms. The summed E-state index contributed by atoms with van der Waals surface area (Å²) in [7, 11) is 0. The summed E-state index contributed by atoms with van der Waals surface area (Å²) < 4.78 is 18.8. The van der Waals surface area contributed by atoms with E-state index in [2.05, 4.69) is 5.32 Å². The summed E-state index contributed by atoms with van der Waals surface area (Å²) in [5.41, 5.74) is -0.326. The highest BCUT2D eigenvalue weighted by molar-refractivity contribution is 5.97. The van der Waals surface area contributed by atoms with E-state index in [1.54, 1.807) is 6.92 Å². The lowest BCUT2D eigenvalue weighted by Gasteiger charge is -2.25. The van der Waals surface area contributed by atoms with Gasteiger partial charge >= 0.3 is 11.9 Å². The third-order valence-electron chi connectivity index (χ3n) is 4.30. The second-order valence-electron chi connectivity index (χ2n) is 6.23. The van der Waals surface area contributed by atoms with Gasteiger partial charge in [-0.1, -0.05) is 24.3 Å². The molecule has 9 nitrogen and oxygen atoms in total. The van der Waals surface area contributed by atoms with Crippen LogP contribution in [-0.2, 0) is 14.3 Å². The molecule has 2 rings (SSSR count). The molecule has 2 N–H and O–H groups in total. The van der Waals surface area contributed by atoms with Crippen molar-refractivity contribution >= 4 is 23.5 Å². The number of nitro benzene ring substituents is 1. The summed E-state index contributed by atoms with van der Waals surface area (Å²) in [5.74, 6) is -5.11. The SMILES string of the molecule is CCOC(=O)C[C@@H](c1ccc([N+](=O)[O-])cc1)[C@@H](NC(=O)c1ccccc1F)C(=O)O. The monoisotopic (exact) mass is 418 g/mol. The maximum Gasteiger partial charge on any atom is 0.326 e. The third kappa shape index (κ3) is 5.60. The van der Waals surface area contributed by atoms with Crippen molar-refractivity contribution in [3.8, 4) is 0 Å². The number of nitrogens with one attached hydrogen (secondary N) is 1. The van der Waals surface area contributed by atoms with Crippen molar-refractivity contribution in [2.45, 2.75) is 25.3 Å². The van der Waals surface area contributed by atoms with E-state index >= 15 is 0 Å². The number of carboxylic acid groups (broad SMARTS) is 1. The van der Waals surface area contributed by atoms with Crippen LogP contribution in [0.15, 0.2) is 48.5 Å². The Morgan fingerprint density at radius 1 is 1.17 bits per heavy atom. The highest BCUT2D eigenvalue weighted by atomic mass is 19.1. The number of hydrogen-bond donors (Lipinski definition) is 2. The molecule has 0 unspecified atom stereocenters. The lowest BCUT2D eigenvalue weighted by Crippen LogP contribution is -2.46. The van der Waals surface area contributed by atoms with Crippen molar-refractivity contribution in [1.82, 2.24) is 5.32 Å². The number of nitrogens with zero attached hydrogens (tertiary/aromatic N) is 1. The smallest absolute Gasteiger partial charge is 0.326 e. The van der Waals surface area contributed by atoms with Crippen LogP contribution in [0.5, 0.6) is 0 Å². The summed E-state index contributed by atoms with van der Waals surface area (Å²) in [6.45, 7) is 1.64. The minimum atomic E-state index is -1.62. The molecular weight excluding hydrogens is 399 g/mol. The van der Waals surface area contributed by atoms with Gasteiger partial charge < -0.3 is 15.2 Å². The third-order valence-corrected chi connectivity index (χ3v) is 4.30. The van der Waals surface area contributed by atoms with Crippen LogP contribution in [-0.4, -0.2) is 40.5 Å². The summed E-state index contributed by atoms with van der Waals surface area (Å²) in [6.07, 6.45) is -0.416. The highest BCUT2D eigenvalue weighted by Crippen LogP contribution is 2.27. The Hall–Kier alpha value is -3.82. The number of amides is 1. The molecule has 0 saturated heterocycles. The van der Waals surface area contributed by atoms with Gasteiger partial charge in [-0.25, -0.2) is 9.18 Å². The largest absolute Gasteiger partial charge is 0.480 e. The summed E-state index contributed by atoms with van der Waals surface area (Å²) in [5, 5.41) is 22.8. The molecule has 0 aromatic heterocycles. The maximum absolute atomic E-state index is 13.9. The summed E-state index contributed by atoms with van der Waals surface area (Å²) in [4.78, 5) is 46.6. The van der Waals surface area contributed by atoms with Gasteiger partial charge in [-0.05, 0) is 24.6 Å². The molecule has 2 aromatic rings. The number of benzene rings is 2. The molecule has 0 aliphatic carbocycles. The van der Waals surface area contributed by atoms with Crippen molar-refractivity contribution in [2.75, 3.05) is 6.61 Å². The average Bonchev–Trinajstić information content (AvgIpc) is 2.70. The van der Waals surface area contributed by atoms with Crippen LogP contribution in [0.3, 0.4) is 0 Å². The van der Waals surface area contributed by atoms with Gasteiger partial charge in [0.25, 0.3) is 11.6 Å². The van der Waals surface area contributed by atoms with Gasteiger partial charge in [0.15, 0.2) is 0 Å². The molecule has 2 aromatic carbocycles. The number of carbonyl (C=O) groups excluding carboxylic acids is 2. The van der Waals surface area contributed by atoms with Gasteiger partial charge in [0.1, 0.15) is 11.9 Å². The molecule has 0 fully saturated rings. The van der Waals surface area contributed by atoms with Crippen LogP contribution < -0.4 is 5.32 Å². The zero-order valence-electron chi connectivity index (χ0n) is 15.9. The highest BCUT2D eigenvalue weighted by Gasteiger charge is 2.34. The standard InChI is InChI=1S/C20H19FN2O7/c1-2-30-17(24)11-15(12-7-9-13(10-8-12)23(28)29)18(20(26)27)22-19(25)14-5-3-4-6-16(14)21/h3-10,15,18H,2,11H2,1H3,(H,22,25)(H,26,27)/t15-,18+/m0/s1. The number of ether oxygens (including phenoxy) is 1. The molecule has 0 heterocycles. The van der Waals surface area contributed by atoms with Crippen LogP contribution in [0.2, 0.25) is 0 Å². The van der Waals surface area contributed by atoms with E-state index in [0.29, 0.717) is 0 Å². The Kier molecular flexibility index (Phi) is 7.56. The van der Waals surface area contributed by atoms with Crippen LogP contribution >= 0.6 is 0 Å². The fourth-order valence-electron chi connectivity index (χ4n) is 2.87. The second kappa shape index (κ2) is 10.1. The zero-order chi connectivity index (χ0) is 22.3. The normalized spacial score (nSPS) is 12.5. The molecule has 0 radical (unpaired) electrons. The minimum Gasteiger partial charge on any atom is -0.480 e. The number of nitro groups is 1. The van der Waals surface area contributed by atoms with Gasteiger partial charge in [0, 0.05) is 18.1 Å². The second-order valence-corrected chi connectivity index (χ2v) is 6.23. The van der Waals surface area contributed by atoms with Crippen molar-refractivity contribution in [1.29, 1.82) is 0 Å². The molecule has 0 bridgehead atoms. The van der Waals surface area contributed by atoms with E-state index in [-0.39, 0.29) is 23.4 Å². The first-order chi connectivity index (χ1) is 14.2. The van der Waals surface area contributed by atoms with E-state index < -0.39 is 47.0 Å². The lowest BCUT2D eigenvalue weighted by molar-refractivity contribution is -0.384. The molecular formula is C20H19FN2O7. The number of carboxylic acids is 1. The van der Waals surface area contributed by atoms with Gasteiger partial charge in [0.05, 0.1) is 23.5 Å². The molecule has 2 atom stereocenters. The van der Waals surface area contributed by atoms with E-state index in [0.717, 1.165) is 18.2 Å². The van der Waals surface area contributed by atoms with Crippen LogP contribution in [0.25, 0.3) is 0 Å². The first-order valence-corrected chi connectivity index (χ1v) is 8.92. The van der Waals surface area contributed by atoms with Gasteiger partial charge in [-0.2, -0.15) is 0 Å². The number of rotatable bonds is 9. The van der Waals surface area contributed by atoms with Crippen LogP contribution in [0, 0.1) is 15.9 Å². The number of hydrogen-bond acceptors (Lipinski definition) is 6. The molecule has 0 spiro atoms. The summed E-state index contributed by atoms with van der Waals surface area (Å²) >= 11 is 0. The van der Waals surface area contributed by atoms with Gasteiger partial charge in [-0.3, -0.25) is 19.7 Å². The van der Waals surface area contributed by atoms with Crippen molar-refractivity contribution in [3.63, 3.8) is 0 Å². The van der Waals surface area contributed by atoms with Gasteiger partial charge in [0.2, 0.25) is 0 Å². The number of carbonyl (C=O) groups is 3. The lowest BCUT2D eigenvalue weighted by atomic mass is 9.88. The van der Waals surface area contributed by atoms with E-state index in [9.17, 15) is 34.0 Å². The first kappa shape index (κ1) is 22.5. The van der Waals surface area contributed by atoms with Crippen molar-refractivity contribution < 1.29 is 33.5 Å². The number of halogens is 1. The number of esters is 1. The summed E-state index contributed by atoms with van der Waals surface area (Å²) in [6, 6.07) is 8.33. The molecule has 30 heavy (non-hydrogen) atoms. The molecule has 0 saturated carbocycles. The minimum absolute atomic E-state index is 0.0607. The zero-order valence-corrected chi connectivity index (χ0v) is 15.9. The molecule has 158 valence electrons. The fourth-order valence-corrected chi connectivity index (χ4v) is 2.87. The van der Waals surface area contributed by atoms with E-state index in [1.165, 1.54) is 30.3 Å². The van der Waals surface area contributed by atoms with Crippen LogP contribution in [0.4, 0.5) is 10.1 Å². The molecule has 0 aliphatic rings. The maximum atomic E-state index is 13.9. The number of aliphatic carboxylic acids is 1. The predicted molar refractivity (Wildman–Crippen MR) is 102 cm³/mol. The van der Waals surface area contributed by atoms with E-state index in [4.69, 9.17) is 4.74 Å². The van der Waals surface area contributed by atoms with E-state index in [1.807, 2.05) is 0 Å². The Morgan fingerprint density at radius 3 is 2.33 bits per heavy atom. The van der Waals surface area contributed by atoms with Crippen molar-refractivity contribution in [3.05, 3.63) is 75.6 Å². The predicted octanol–water partition coefficient (Wildman–Crippen LogP) is 2.65. The Bertz CT molecular complexity index is 946.